The van der Waals surface area contributed by atoms with Gasteiger partial charge in [-0.05, 0) is 31.0 Å². The van der Waals surface area contributed by atoms with Gasteiger partial charge < -0.3 is 10.1 Å². The summed E-state index contributed by atoms with van der Waals surface area (Å²) in [5.41, 5.74) is -5.75. The van der Waals surface area contributed by atoms with Crippen molar-refractivity contribution in [1.29, 1.82) is 0 Å². The molecule has 0 aliphatic carbocycles. The SMILES string of the molecule is COCCCCNc1ccc(F)cc1S(=O)(=O)C(F)(F)F. The van der Waals surface area contributed by atoms with Crippen molar-refractivity contribution in [3.8, 4) is 0 Å². The lowest BCUT2D eigenvalue weighted by atomic mass is 10.3. The molecule has 0 unspecified atom stereocenters. The Kier molecular flexibility index (Phi) is 5.97. The average molecular weight is 329 g/mol. The van der Waals surface area contributed by atoms with E-state index < -0.39 is 26.1 Å². The Morgan fingerprint density at radius 1 is 1.24 bits per heavy atom. The van der Waals surface area contributed by atoms with Gasteiger partial charge in [-0.2, -0.15) is 13.2 Å². The number of sulfone groups is 1. The molecule has 0 fully saturated rings. The van der Waals surface area contributed by atoms with Gasteiger partial charge in [-0.25, -0.2) is 12.8 Å². The molecule has 21 heavy (non-hydrogen) atoms. The fourth-order valence-corrected chi connectivity index (χ4v) is 2.53. The van der Waals surface area contributed by atoms with E-state index in [4.69, 9.17) is 4.74 Å². The molecule has 0 saturated carbocycles. The third-order valence-electron chi connectivity index (χ3n) is 2.63. The first kappa shape index (κ1) is 17.7. The Morgan fingerprint density at radius 2 is 1.90 bits per heavy atom. The summed E-state index contributed by atoms with van der Waals surface area (Å²) in [4.78, 5) is -1.11. The number of rotatable bonds is 7. The summed E-state index contributed by atoms with van der Waals surface area (Å²) in [6.45, 7) is 0.730. The topological polar surface area (TPSA) is 55.4 Å². The lowest BCUT2D eigenvalue weighted by Gasteiger charge is -2.14. The summed E-state index contributed by atoms with van der Waals surface area (Å²) < 4.78 is 78.4. The molecule has 120 valence electrons. The van der Waals surface area contributed by atoms with E-state index in [2.05, 4.69) is 5.32 Å². The quantitative estimate of drug-likeness (QED) is 0.617. The molecule has 1 rings (SSSR count). The number of methoxy groups -OCH3 is 1. The molecule has 0 aliphatic rings. The van der Waals surface area contributed by atoms with Gasteiger partial charge in [0, 0.05) is 20.3 Å². The van der Waals surface area contributed by atoms with E-state index in [-0.39, 0.29) is 12.2 Å². The molecular weight excluding hydrogens is 314 g/mol. The Morgan fingerprint density at radius 3 is 2.48 bits per heavy atom. The second kappa shape index (κ2) is 7.08. The van der Waals surface area contributed by atoms with E-state index in [1.807, 2.05) is 0 Å². The van der Waals surface area contributed by atoms with Crippen molar-refractivity contribution in [2.45, 2.75) is 23.2 Å². The molecule has 0 aliphatic heterocycles. The largest absolute Gasteiger partial charge is 0.501 e. The molecule has 0 atom stereocenters. The minimum Gasteiger partial charge on any atom is -0.385 e. The number of nitrogens with one attached hydrogen (secondary N) is 1. The van der Waals surface area contributed by atoms with Crippen molar-refractivity contribution in [2.75, 3.05) is 25.6 Å². The number of hydrogen-bond acceptors (Lipinski definition) is 4. The van der Waals surface area contributed by atoms with Crippen LogP contribution in [-0.4, -0.2) is 34.2 Å². The molecular formula is C12H15F4NO3S. The van der Waals surface area contributed by atoms with E-state index in [0.717, 1.165) is 12.1 Å². The molecule has 0 radical (unpaired) electrons. The predicted octanol–water partition coefficient (Wildman–Crippen LogP) is 2.96. The highest BCUT2D eigenvalue weighted by Gasteiger charge is 2.48. The fraction of sp³-hybridized carbons (Fsp3) is 0.500. The summed E-state index contributed by atoms with van der Waals surface area (Å²) in [6, 6.07) is 2.23. The van der Waals surface area contributed by atoms with Crippen LogP contribution in [0.25, 0.3) is 0 Å². The minimum absolute atomic E-state index is 0.245. The predicted molar refractivity (Wildman–Crippen MR) is 69.2 cm³/mol. The molecule has 0 heterocycles. The zero-order valence-corrected chi connectivity index (χ0v) is 12.0. The molecule has 0 amide bonds. The zero-order valence-electron chi connectivity index (χ0n) is 11.2. The van der Waals surface area contributed by atoms with Crippen LogP contribution in [0.4, 0.5) is 23.2 Å². The van der Waals surface area contributed by atoms with E-state index in [9.17, 15) is 26.0 Å². The number of hydrogen-bond donors (Lipinski definition) is 1. The highest BCUT2D eigenvalue weighted by molar-refractivity contribution is 7.92. The molecule has 9 heteroatoms. The van der Waals surface area contributed by atoms with E-state index >= 15 is 0 Å². The van der Waals surface area contributed by atoms with Crippen LogP contribution in [0.15, 0.2) is 23.1 Å². The Hall–Kier alpha value is -1.35. The third-order valence-corrected chi connectivity index (χ3v) is 4.15. The summed E-state index contributed by atoms with van der Waals surface area (Å²) in [7, 11) is -4.09. The standard InChI is InChI=1S/C12H15F4NO3S/c1-20-7-3-2-6-17-10-5-4-9(13)8-11(10)21(18,19)12(14,15)16/h4-5,8,17H,2-3,6-7H2,1H3. The summed E-state index contributed by atoms with van der Waals surface area (Å²) >= 11 is 0. The lowest BCUT2D eigenvalue weighted by molar-refractivity contribution is -0.0435. The second-order valence-corrected chi connectivity index (χ2v) is 6.13. The van der Waals surface area contributed by atoms with Crippen LogP contribution in [0.2, 0.25) is 0 Å². The highest BCUT2D eigenvalue weighted by Crippen LogP contribution is 2.34. The Labute approximate surface area is 120 Å². The van der Waals surface area contributed by atoms with Crippen LogP contribution in [0.1, 0.15) is 12.8 Å². The maximum Gasteiger partial charge on any atom is 0.501 e. The summed E-state index contributed by atoms with van der Waals surface area (Å²) in [5, 5.41) is 2.58. The number of anilines is 1. The van der Waals surface area contributed by atoms with Gasteiger partial charge in [0.15, 0.2) is 0 Å². The summed E-state index contributed by atoms with van der Waals surface area (Å²) in [5.74, 6) is -1.05. The first-order valence-electron chi connectivity index (χ1n) is 6.04. The smallest absolute Gasteiger partial charge is 0.385 e. The van der Waals surface area contributed by atoms with Gasteiger partial charge in [0.25, 0.3) is 9.84 Å². The Balaban J connectivity index is 2.96. The van der Waals surface area contributed by atoms with Gasteiger partial charge in [-0.3, -0.25) is 0 Å². The first-order chi connectivity index (χ1) is 9.70. The van der Waals surface area contributed by atoms with Crippen LogP contribution in [0.3, 0.4) is 0 Å². The fourth-order valence-electron chi connectivity index (χ4n) is 1.58. The number of unbranched alkanes of at least 4 members (excludes halogenated alkanes) is 1. The van der Waals surface area contributed by atoms with Crippen LogP contribution in [-0.2, 0) is 14.6 Å². The maximum atomic E-state index is 13.1. The lowest BCUT2D eigenvalue weighted by Crippen LogP contribution is -2.24. The normalized spacial score (nSPS) is 12.4. The highest BCUT2D eigenvalue weighted by atomic mass is 32.2. The van der Waals surface area contributed by atoms with Crippen molar-refractivity contribution in [1.82, 2.24) is 0 Å². The van der Waals surface area contributed by atoms with Crippen molar-refractivity contribution >= 4 is 15.5 Å². The Bertz CT molecular complexity index is 572. The molecule has 1 N–H and O–H groups in total. The van der Waals surface area contributed by atoms with Gasteiger partial charge in [0.1, 0.15) is 10.7 Å². The van der Waals surface area contributed by atoms with Crippen LogP contribution in [0.5, 0.6) is 0 Å². The van der Waals surface area contributed by atoms with Gasteiger partial charge >= 0.3 is 5.51 Å². The first-order valence-corrected chi connectivity index (χ1v) is 7.52. The van der Waals surface area contributed by atoms with E-state index in [1.54, 1.807) is 0 Å². The van der Waals surface area contributed by atoms with E-state index in [1.165, 1.54) is 7.11 Å². The number of halogens is 4. The molecule has 0 spiro atoms. The zero-order chi connectivity index (χ0) is 16.1. The maximum absolute atomic E-state index is 13.1. The molecule has 1 aromatic carbocycles. The van der Waals surface area contributed by atoms with Gasteiger partial charge in [0.05, 0.1) is 5.69 Å². The van der Waals surface area contributed by atoms with Crippen LogP contribution in [0, 0.1) is 5.82 Å². The molecule has 0 saturated heterocycles. The molecule has 4 nitrogen and oxygen atoms in total. The van der Waals surface area contributed by atoms with Crippen molar-refractivity contribution in [3.05, 3.63) is 24.0 Å². The monoisotopic (exact) mass is 329 g/mol. The van der Waals surface area contributed by atoms with Gasteiger partial charge in [-0.15, -0.1) is 0 Å². The second-order valence-electron chi connectivity index (χ2n) is 4.22. The van der Waals surface area contributed by atoms with E-state index in [0.29, 0.717) is 25.5 Å². The molecule has 0 bridgehead atoms. The van der Waals surface area contributed by atoms with Crippen molar-refractivity contribution in [3.63, 3.8) is 0 Å². The van der Waals surface area contributed by atoms with Crippen molar-refractivity contribution in [2.24, 2.45) is 0 Å². The minimum atomic E-state index is -5.60. The number of ether oxygens (including phenoxy) is 1. The molecule has 1 aromatic rings. The van der Waals surface area contributed by atoms with Crippen LogP contribution < -0.4 is 5.32 Å². The van der Waals surface area contributed by atoms with Crippen molar-refractivity contribution < 1.29 is 30.7 Å². The number of alkyl halides is 3. The molecule has 0 aromatic heterocycles. The van der Waals surface area contributed by atoms with Crippen LogP contribution >= 0.6 is 0 Å². The van der Waals surface area contributed by atoms with Gasteiger partial charge in [0.2, 0.25) is 0 Å². The third kappa shape index (κ3) is 4.57. The number of benzene rings is 1. The average Bonchev–Trinajstić information content (AvgIpc) is 2.38. The summed E-state index contributed by atoms with van der Waals surface area (Å²) in [6.07, 6.45) is 1.22. The van der Waals surface area contributed by atoms with Gasteiger partial charge in [-0.1, -0.05) is 0 Å².